The molecule has 0 unspecified atom stereocenters. The van der Waals surface area contributed by atoms with Crippen molar-refractivity contribution in [1.29, 1.82) is 0 Å². The lowest BCUT2D eigenvalue weighted by Gasteiger charge is -2.27. The molecule has 0 aliphatic carbocycles. The van der Waals surface area contributed by atoms with Gasteiger partial charge in [-0.25, -0.2) is 0 Å². The summed E-state index contributed by atoms with van der Waals surface area (Å²) in [5, 5.41) is 29.7. The van der Waals surface area contributed by atoms with Crippen molar-refractivity contribution in [3.63, 3.8) is 0 Å². The fourth-order valence-electron chi connectivity index (χ4n) is 21.2. The van der Waals surface area contributed by atoms with Crippen molar-refractivity contribution in [2.45, 2.75) is 0 Å². The smallest absolute Gasteiger partial charge is 0.0468 e. The topological polar surface area (TPSA) is 16.2 Å². The first-order valence-corrected chi connectivity index (χ1v) is 47.1. The third kappa shape index (κ3) is 14.7. The van der Waals surface area contributed by atoms with E-state index in [9.17, 15) is 0 Å². The molecule has 0 atom stereocenters. The van der Waals surface area contributed by atoms with Gasteiger partial charge in [0, 0.05) is 85.3 Å². The Balaban J connectivity index is 0.000000157. The van der Waals surface area contributed by atoms with Crippen molar-refractivity contribution in [1.82, 2.24) is 0 Å². The van der Waals surface area contributed by atoms with Gasteiger partial charge in [0.25, 0.3) is 0 Å². The van der Waals surface area contributed by atoms with Crippen LogP contribution in [0.1, 0.15) is 0 Å². The van der Waals surface area contributed by atoms with Gasteiger partial charge in [-0.3, -0.25) is 0 Å². The molecule has 0 saturated carbocycles. The molecular weight excluding hydrogens is 1660 g/mol. The molecule has 26 aromatic rings. The van der Waals surface area contributed by atoms with Crippen LogP contribution in [-0.2, 0) is 0 Å². The normalized spacial score (nSPS) is 11.5. The first-order chi connectivity index (χ1) is 68.0. The van der Waals surface area contributed by atoms with Crippen molar-refractivity contribution in [3.8, 4) is 22.3 Å². The molecule has 0 radical (unpaired) electrons. The summed E-state index contributed by atoms with van der Waals surface area (Å²) >= 11 is 0. The van der Waals surface area contributed by atoms with E-state index in [-0.39, 0.29) is 0 Å². The summed E-state index contributed by atoms with van der Waals surface area (Å²) < 4.78 is 0. The number of anilines is 15. The molecule has 5 nitrogen and oxygen atoms in total. The predicted octanol–water partition coefficient (Wildman–Crippen LogP) is 37.9. The van der Waals surface area contributed by atoms with E-state index in [1.165, 1.54) is 152 Å². The number of para-hydroxylation sites is 10. The average Bonchev–Trinajstić information content (AvgIpc) is 0.714. The molecule has 5 heteroatoms. The monoisotopic (exact) mass is 1740 g/mol. The van der Waals surface area contributed by atoms with E-state index in [1.807, 2.05) is 0 Å². The summed E-state index contributed by atoms with van der Waals surface area (Å²) in [5.74, 6) is 0. The van der Waals surface area contributed by atoms with Crippen molar-refractivity contribution in [2.75, 3.05) is 24.5 Å². The maximum atomic E-state index is 2.51. The quantitative estimate of drug-likeness (QED) is 0.0665. The molecule has 0 spiro atoms. The molecule has 0 N–H and O–H groups in total. The second-order valence-electron chi connectivity index (χ2n) is 35.4. The van der Waals surface area contributed by atoms with Crippen LogP contribution < -0.4 is 24.5 Å². The minimum Gasteiger partial charge on any atom is -0.311 e. The summed E-state index contributed by atoms with van der Waals surface area (Å²) in [5.41, 5.74) is 21.4. The molecule has 0 aliphatic rings. The highest BCUT2D eigenvalue weighted by Gasteiger charge is 2.26. The van der Waals surface area contributed by atoms with E-state index in [4.69, 9.17) is 0 Å². The van der Waals surface area contributed by atoms with E-state index in [0.717, 1.165) is 85.3 Å². The lowest BCUT2D eigenvalue weighted by molar-refractivity contribution is 1.28. The average molecular weight is 1750 g/mol. The van der Waals surface area contributed by atoms with Crippen LogP contribution in [0.4, 0.5) is 85.3 Å². The number of fused-ring (bicyclic) bond motifs is 24. The molecule has 0 heterocycles. The number of benzene rings is 26. The Morgan fingerprint density at radius 1 is 0.0730 bits per heavy atom. The van der Waals surface area contributed by atoms with Gasteiger partial charge in [0.05, 0.1) is 0 Å². The lowest BCUT2D eigenvalue weighted by atomic mass is 9.87. The second kappa shape index (κ2) is 34.9. The molecule has 642 valence electrons. The lowest BCUT2D eigenvalue weighted by Crippen LogP contribution is -2.10. The van der Waals surface area contributed by atoms with E-state index >= 15 is 0 Å². The van der Waals surface area contributed by atoms with E-state index in [2.05, 4.69) is 564 Å². The maximum absolute atomic E-state index is 2.51. The highest BCUT2D eigenvalue weighted by atomic mass is 15.2. The minimum absolute atomic E-state index is 1.08. The zero-order valence-corrected chi connectivity index (χ0v) is 75.1. The summed E-state index contributed by atoms with van der Waals surface area (Å²) in [6.45, 7) is 0. The molecule has 0 bridgehead atoms. The summed E-state index contributed by atoms with van der Waals surface area (Å²) in [6, 6.07) is 197. The first-order valence-electron chi connectivity index (χ1n) is 47.1. The number of hydrogen-bond donors (Lipinski definition) is 0. The molecule has 0 aromatic heterocycles. The van der Waals surface area contributed by atoms with Crippen LogP contribution >= 0.6 is 0 Å². The largest absolute Gasteiger partial charge is 0.311 e. The highest BCUT2D eigenvalue weighted by Crippen LogP contribution is 2.52. The van der Waals surface area contributed by atoms with Crippen molar-refractivity contribution in [3.05, 3.63) is 540 Å². The summed E-state index contributed by atoms with van der Waals surface area (Å²) in [7, 11) is 0. The number of nitrogens with zero attached hydrogens (tertiary/aromatic N) is 5. The maximum Gasteiger partial charge on any atom is 0.0468 e. The zero-order valence-electron chi connectivity index (χ0n) is 75.1. The Morgan fingerprint density at radius 3 is 0.431 bits per heavy atom. The molecule has 26 rings (SSSR count). The molecule has 137 heavy (non-hydrogen) atoms. The van der Waals surface area contributed by atoms with Gasteiger partial charge in [0.1, 0.15) is 0 Å². The van der Waals surface area contributed by atoms with Gasteiger partial charge >= 0.3 is 0 Å². The van der Waals surface area contributed by atoms with Crippen LogP contribution in [0.3, 0.4) is 0 Å². The summed E-state index contributed by atoms with van der Waals surface area (Å²) in [6.07, 6.45) is 0. The van der Waals surface area contributed by atoms with Crippen LogP contribution in [0.5, 0.6) is 0 Å². The molecule has 0 aliphatic heterocycles. The van der Waals surface area contributed by atoms with Gasteiger partial charge in [0.2, 0.25) is 0 Å². The van der Waals surface area contributed by atoms with Crippen LogP contribution in [0.15, 0.2) is 540 Å². The van der Waals surface area contributed by atoms with Gasteiger partial charge in [-0.1, -0.05) is 322 Å². The SMILES string of the molecule is c1ccc(-c2ccc3c(c2)c2ccccc2c2cc4c5ccc(-c6ccc(N(c7ccccc7)c7ccccc7)cc6)cc5c5ccccc5c4cc32)cc1.c1ccc(N(c2ccccc2)c2ccc3c(c2)c2ccc(N(c4ccccc4)c4ccccc4)cc2c2cc4c5ccc(N(c6ccccc6)c6ccccc6)cc5c5ccc(N(c6ccccc6)c6ccccc6)cc5c4cc32)cc1. The Kier molecular flexibility index (Phi) is 20.6. The zero-order chi connectivity index (χ0) is 90.6. The fraction of sp³-hybridized carbons (Fsp3) is 0. The minimum atomic E-state index is 1.08. The standard InChI is InChI=1S/C78H54N4.C54H35N/c1-9-25-55(26-10-1)79(56-27-11-2-12-28-56)63-43-47-69-71(49-63)67-45-41-65(81(59-33-17-5-18-34-59)60-35-19-6-20-36-60)51-73(67)77-54-76-70-48-44-64(80(57-29-13-3-14-30-57)58-31-15-4-16-32-58)50-72(70)68-46-42-66(52-74(68)78(76)53-75(69)77)82(61-37-21-7-22-38-61)62-39-23-8-24-40-62;1-4-14-36(15-5-1)38-26-30-47-49(32-38)43-20-10-12-22-45(43)51-35-54-48-31-27-39(33-50(48)44-21-11-13-23-46(44)52(54)34-53(47)51)37-24-28-42(29-25-37)55(40-16-6-2-7-17-40)41-18-8-3-9-19-41/h1-54H;1-35H. The fourth-order valence-corrected chi connectivity index (χ4v) is 21.2. The van der Waals surface area contributed by atoms with E-state index in [1.54, 1.807) is 0 Å². The van der Waals surface area contributed by atoms with Gasteiger partial charge < -0.3 is 24.5 Å². The Hall–Kier alpha value is -18.2. The third-order valence-corrected chi connectivity index (χ3v) is 27.4. The van der Waals surface area contributed by atoms with Gasteiger partial charge in [0.15, 0.2) is 0 Å². The van der Waals surface area contributed by atoms with Crippen LogP contribution in [0, 0.1) is 0 Å². The molecule has 0 saturated heterocycles. The highest BCUT2D eigenvalue weighted by molar-refractivity contribution is 6.36. The first kappa shape index (κ1) is 80.9. The Morgan fingerprint density at radius 2 is 0.204 bits per heavy atom. The molecular formula is C132H89N5. The molecule has 26 aromatic carbocycles. The van der Waals surface area contributed by atoms with E-state index < -0.39 is 0 Å². The number of rotatable bonds is 17. The van der Waals surface area contributed by atoms with Crippen LogP contribution in [0.2, 0.25) is 0 Å². The molecule has 0 amide bonds. The van der Waals surface area contributed by atoms with Gasteiger partial charge in [-0.15, -0.1) is 0 Å². The predicted molar refractivity (Wildman–Crippen MR) is 587 cm³/mol. The van der Waals surface area contributed by atoms with E-state index in [0.29, 0.717) is 0 Å². The van der Waals surface area contributed by atoms with Gasteiger partial charge in [-0.05, 0) is 370 Å². The van der Waals surface area contributed by atoms with Crippen LogP contribution in [0.25, 0.3) is 152 Å². The second-order valence-corrected chi connectivity index (χ2v) is 35.4. The Bertz CT molecular complexity index is 8530. The van der Waals surface area contributed by atoms with Crippen molar-refractivity contribution in [2.24, 2.45) is 0 Å². The molecule has 0 fully saturated rings. The van der Waals surface area contributed by atoms with Gasteiger partial charge in [-0.2, -0.15) is 0 Å². The number of hydrogen-bond acceptors (Lipinski definition) is 5. The third-order valence-electron chi connectivity index (χ3n) is 27.4. The van der Waals surface area contributed by atoms with Crippen molar-refractivity contribution >= 4 is 215 Å². The summed E-state index contributed by atoms with van der Waals surface area (Å²) in [4.78, 5) is 11.8. The Labute approximate surface area is 795 Å². The van der Waals surface area contributed by atoms with Crippen molar-refractivity contribution < 1.29 is 0 Å². The van der Waals surface area contributed by atoms with Crippen LogP contribution in [-0.4, -0.2) is 0 Å².